The Morgan fingerprint density at radius 1 is 1.56 bits per heavy atom. The first kappa shape index (κ1) is 13.3. The lowest BCUT2D eigenvalue weighted by Gasteiger charge is -2.37. The first-order valence-corrected chi connectivity index (χ1v) is 6.07. The van der Waals surface area contributed by atoms with Crippen LogP contribution in [0.15, 0.2) is 18.2 Å². The average Bonchev–Trinajstić information content (AvgIpc) is 2.38. The quantitative estimate of drug-likeness (QED) is 0.848. The molecule has 1 saturated heterocycles. The first-order chi connectivity index (χ1) is 8.65. The molecule has 1 unspecified atom stereocenters. The number of halogens is 1. The summed E-state index contributed by atoms with van der Waals surface area (Å²) in [6.45, 7) is 2.86. The fourth-order valence-electron chi connectivity index (χ4n) is 2.27. The molecule has 0 amide bonds. The zero-order valence-corrected chi connectivity index (χ0v) is 10.3. The molecule has 4 nitrogen and oxygen atoms in total. The predicted molar refractivity (Wildman–Crippen MR) is 66.1 cm³/mol. The number of hydrogen-bond donors (Lipinski definition) is 2. The van der Waals surface area contributed by atoms with Crippen molar-refractivity contribution in [3.63, 3.8) is 0 Å². The standard InChI is InChI=1S/C13H18FNO3/c1-9(17)11-3-2-4-12(14)13(11)15-5-6-18-8-10(15)7-16/h2-4,9-10,16-17H,5-8H2,1H3/t9-,10?/m0/s1. The van der Waals surface area contributed by atoms with Gasteiger partial charge in [0.2, 0.25) is 0 Å². The molecule has 1 aliphatic rings. The van der Waals surface area contributed by atoms with Crippen molar-refractivity contribution in [2.75, 3.05) is 31.3 Å². The molecule has 0 aromatic heterocycles. The highest BCUT2D eigenvalue weighted by molar-refractivity contribution is 5.57. The van der Waals surface area contributed by atoms with Crippen molar-refractivity contribution in [3.8, 4) is 0 Å². The van der Waals surface area contributed by atoms with E-state index in [-0.39, 0.29) is 18.5 Å². The summed E-state index contributed by atoms with van der Waals surface area (Å²) < 4.78 is 19.3. The van der Waals surface area contributed by atoms with Crippen molar-refractivity contribution >= 4 is 5.69 Å². The Balaban J connectivity index is 2.41. The maximum atomic E-state index is 14.0. The van der Waals surface area contributed by atoms with Crippen LogP contribution in [0.3, 0.4) is 0 Å². The summed E-state index contributed by atoms with van der Waals surface area (Å²) >= 11 is 0. The molecule has 2 N–H and O–H groups in total. The normalized spacial score (nSPS) is 22.0. The van der Waals surface area contributed by atoms with Crippen LogP contribution >= 0.6 is 0 Å². The second kappa shape index (κ2) is 5.65. The van der Waals surface area contributed by atoms with E-state index in [1.54, 1.807) is 24.0 Å². The molecule has 1 fully saturated rings. The molecule has 0 radical (unpaired) electrons. The largest absolute Gasteiger partial charge is 0.394 e. The van der Waals surface area contributed by atoms with E-state index in [0.717, 1.165) is 0 Å². The van der Waals surface area contributed by atoms with E-state index in [9.17, 15) is 14.6 Å². The van der Waals surface area contributed by atoms with Gasteiger partial charge in [0.25, 0.3) is 0 Å². The Labute approximate surface area is 106 Å². The highest BCUT2D eigenvalue weighted by atomic mass is 19.1. The molecule has 1 aromatic carbocycles. The van der Waals surface area contributed by atoms with Gasteiger partial charge in [0.15, 0.2) is 0 Å². The average molecular weight is 255 g/mol. The molecule has 5 heteroatoms. The number of morpholine rings is 1. The van der Waals surface area contributed by atoms with Crippen LogP contribution in [0.4, 0.5) is 10.1 Å². The van der Waals surface area contributed by atoms with Crippen LogP contribution in [-0.4, -0.2) is 42.6 Å². The lowest BCUT2D eigenvalue weighted by molar-refractivity contribution is 0.0719. The van der Waals surface area contributed by atoms with Crippen molar-refractivity contribution in [1.82, 2.24) is 0 Å². The summed E-state index contributed by atoms with van der Waals surface area (Å²) in [5, 5.41) is 19.1. The molecule has 1 aliphatic heterocycles. The van der Waals surface area contributed by atoms with Gasteiger partial charge >= 0.3 is 0 Å². The summed E-state index contributed by atoms with van der Waals surface area (Å²) in [5.74, 6) is -0.381. The molecular formula is C13H18FNO3. The predicted octanol–water partition coefficient (Wildman–Crippen LogP) is 1.08. The SMILES string of the molecule is C[C@H](O)c1cccc(F)c1N1CCOCC1CO. The van der Waals surface area contributed by atoms with E-state index in [2.05, 4.69) is 0 Å². The molecule has 0 saturated carbocycles. The number of benzene rings is 1. The van der Waals surface area contributed by atoms with Gasteiger partial charge in [-0.2, -0.15) is 0 Å². The van der Waals surface area contributed by atoms with Gasteiger partial charge in [0.05, 0.1) is 37.7 Å². The molecular weight excluding hydrogens is 237 g/mol. The number of nitrogens with zero attached hydrogens (tertiary/aromatic N) is 1. The second-order valence-electron chi connectivity index (χ2n) is 4.46. The van der Waals surface area contributed by atoms with Crippen LogP contribution in [0.2, 0.25) is 0 Å². The van der Waals surface area contributed by atoms with Gasteiger partial charge in [-0.1, -0.05) is 12.1 Å². The number of hydrogen-bond acceptors (Lipinski definition) is 4. The van der Waals surface area contributed by atoms with Crippen LogP contribution < -0.4 is 4.90 Å². The van der Waals surface area contributed by atoms with Gasteiger partial charge < -0.3 is 19.8 Å². The highest BCUT2D eigenvalue weighted by Gasteiger charge is 2.27. The van der Waals surface area contributed by atoms with Crippen molar-refractivity contribution in [3.05, 3.63) is 29.6 Å². The second-order valence-corrected chi connectivity index (χ2v) is 4.46. The van der Waals surface area contributed by atoms with Crippen LogP contribution in [-0.2, 0) is 4.74 Å². The number of aliphatic hydroxyl groups is 2. The highest BCUT2D eigenvalue weighted by Crippen LogP contribution is 2.31. The molecule has 0 bridgehead atoms. The molecule has 2 atom stereocenters. The third-order valence-electron chi connectivity index (χ3n) is 3.19. The number of rotatable bonds is 3. The molecule has 0 aliphatic carbocycles. The third-order valence-corrected chi connectivity index (χ3v) is 3.19. The maximum Gasteiger partial charge on any atom is 0.146 e. The topological polar surface area (TPSA) is 52.9 Å². The van der Waals surface area contributed by atoms with Crippen molar-refractivity contribution in [1.29, 1.82) is 0 Å². The summed E-state index contributed by atoms with van der Waals surface area (Å²) in [7, 11) is 0. The minimum Gasteiger partial charge on any atom is -0.394 e. The lowest BCUT2D eigenvalue weighted by Crippen LogP contribution is -2.48. The fourth-order valence-corrected chi connectivity index (χ4v) is 2.27. The summed E-state index contributed by atoms with van der Waals surface area (Å²) in [6, 6.07) is 4.38. The number of aliphatic hydroxyl groups excluding tert-OH is 2. The van der Waals surface area contributed by atoms with Crippen molar-refractivity contribution < 1.29 is 19.3 Å². The Bertz CT molecular complexity index is 411. The van der Waals surface area contributed by atoms with E-state index in [0.29, 0.717) is 31.0 Å². The number of anilines is 1. The van der Waals surface area contributed by atoms with Gasteiger partial charge in [-0.05, 0) is 13.0 Å². The van der Waals surface area contributed by atoms with Crippen LogP contribution in [0.5, 0.6) is 0 Å². The van der Waals surface area contributed by atoms with Gasteiger partial charge in [-0.3, -0.25) is 0 Å². The van der Waals surface area contributed by atoms with Crippen LogP contribution in [0.25, 0.3) is 0 Å². The molecule has 0 spiro atoms. The zero-order valence-electron chi connectivity index (χ0n) is 10.3. The Hall–Kier alpha value is -1.17. The fraction of sp³-hybridized carbons (Fsp3) is 0.538. The van der Waals surface area contributed by atoms with Crippen LogP contribution in [0, 0.1) is 5.82 Å². The monoisotopic (exact) mass is 255 g/mol. The lowest BCUT2D eigenvalue weighted by atomic mass is 10.0. The van der Waals surface area contributed by atoms with E-state index in [1.165, 1.54) is 6.07 Å². The van der Waals surface area contributed by atoms with E-state index < -0.39 is 6.10 Å². The number of ether oxygens (including phenoxy) is 1. The Kier molecular flexibility index (Phi) is 4.16. The molecule has 1 aromatic rings. The minimum absolute atomic E-state index is 0.104. The van der Waals surface area contributed by atoms with E-state index in [1.807, 2.05) is 0 Å². The smallest absolute Gasteiger partial charge is 0.146 e. The molecule has 1 heterocycles. The summed E-state index contributed by atoms with van der Waals surface area (Å²) in [5.41, 5.74) is 0.908. The zero-order chi connectivity index (χ0) is 13.1. The third kappa shape index (κ3) is 2.48. The van der Waals surface area contributed by atoms with Crippen molar-refractivity contribution in [2.24, 2.45) is 0 Å². The van der Waals surface area contributed by atoms with Gasteiger partial charge in [-0.25, -0.2) is 4.39 Å². The first-order valence-electron chi connectivity index (χ1n) is 6.07. The maximum absolute atomic E-state index is 14.0. The van der Waals surface area contributed by atoms with Gasteiger partial charge in [-0.15, -0.1) is 0 Å². The van der Waals surface area contributed by atoms with E-state index >= 15 is 0 Å². The van der Waals surface area contributed by atoms with Gasteiger partial charge in [0, 0.05) is 12.1 Å². The molecule has 100 valence electrons. The molecule has 2 rings (SSSR count). The van der Waals surface area contributed by atoms with E-state index in [4.69, 9.17) is 4.74 Å². The minimum atomic E-state index is -0.752. The Morgan fingerprint density at radius 2 is 2.33 bits per heavy atom. The molecule has 18 heavy (non-hydrogen) atoms. The van der Waals surface area contributed by atoms with Gasteiger partial charge in [0.1, 0.15) is 5.82 Å². The Morgan fingerprint density at radius 3 is 3.00 bits per heavy atom. The summed E-state index contributed by atoms with van der Waals surface area (Å²) in [4.78, 5) is 1.78. The summed E-state index contributed by atoms with van der Waals surface area (Å²) in [6.07, 6.45) is -0.752. The van der Waals surface area contributed by atoms with Crippen molar-refractivity contribution in [2.45, 2.75) is 19.1 Å². The van der Waals surface area contributed by atoms with Crippen LogP contribution in [0.1, 0.15) is 18.6 Å². The number of para-hydroxylation sites is 1.